The number of nitrogens with zero attached hydrogens (tertiary/aromatic N) is 3. The summed E-state index contributed by atoms with van der Waals surface area (Å²) < 4.78 is 6.69. The first-order chi connectivity index (χ1) is 15.1. The summed E-state index contributed by atoms with van der Waals surface area (Å²) in [6, 6.07) is -1.49. The molecule has 176 valence electrons. The lowest BCUT2D eigenvalue weighted by atomic mass is 9.74. The van der Waals surface area contributed by atoms with Crippen LogP contribution in [0.4, 0.5) is 0 Å². The van der Waals surface area contributed by atoms with Crippen LogP contribution in [0.15, 0.2) is 24.3 Å². The molecule has 0 aliphatic carbocycles. The third-order valence-corrected chi connectivity index (χ3v) is 7.71. The SMILES string of the molecule is CCCC(C)N1CC=C[C@]23O[C@@]4(C)C=CCN(C)C(=O)[C@H]4[C@H]2C(=O)N([C@H](C)CO)C3C1=O. The number of carbonyl (C=O) groups is 3. The molecule has 3 amide bonds. The Labute approximate surface area is 189 Å². The Hall–Kier alpha value is -2.19. The van der Waals surface area contributed by atoms with Crippen LogP contribution in [0.5, 0.6) is 0 Å². The van der Waals surface area contributed by atoms with Crippen LogP contribution in [0.25, 0.3) is 0 Å². The Bertz CT molecular complexity index is 872. The van der Waals surface area contributed by atoms with Crippen molar-refractivity contribution in [1.82, 2.24) is 14.7 Å². The summed E-state index contributed by atoms with van der Waals surface area (Å²) in [7, 11) is 1.72. The molecule has 4 aliphatic rings. The zero-order valence-corrected chi connectivity index (χ0v) is 19.7. The third-order valence-electron chi connectivity index (χ3n) is 7.71. The molecule has 7 atom stereocenters. The fourth-order valence-electron chi connectivity index (χ4n) is 6.13. The molecule has 0 saturated carbocycles. The molecule has 0 aromatic carbocycles. The van der Waals surface area contributed by atoms with Crippen LogP contribution in [0.3, 0.4) is 0 Å². The third kappa shape index (κ3) is 3.06. The Kier molecular flexibility index (Phi) is 5.74. The van der Waals surface area contributed by atoms with Crippen molar-refractivity contribution in [1.29, 1.82) is 0 Å². The molecule has 0 bridgehead atoms. The van der Waals surface area contributed by atoms with Crippen molar-refractivity contribution in [2.45, 2.75) is 69.9 Å². The first kappa shape index (κ1) is 23.0. The molecule has 0 radical (unpaired) electrons. The minimum atomic E-state index is -1.25. The van der Waals surface area contributed by atoms with Gasteiger partial charge in [0.25, 0.3) is 0 Å². The average molecular weight is 446 g/mol. The fraction of sp³-hybridized carbons (Fsp3) is 0.708. The normalized spacial score (nSPS) is 38.4. The Morgan fingerprint density at radius 3 is 2.41 bits per heavy atom. The molecule has 2 unspecified atom stereocenters. The van der Waals surface area contributed by atoms with E-state index in [0.717, 1.165) is 12.8 Å². The van der Waals surface area contributed by atoms with Gasteiger partial charge in [0.1, 0.15) is 11.6 Å². The number of hydrogen-bond acceptors (Lipinski definition) is 5. The van der Waals surface area contributed by atoms with E-state index in [2.05, 4.69) is 6.92 Å². The molecule has 2 fully saturated rings. The van der Waals surface area contributed by atoms with Gasteiger partial charge in [0.15, 0.2) is 0 Å². The molecule has 2 saturated heterocycles. The van der Waals surface area contributed by atoms with Crippen molar-refractivity contribution in [2.75, 3.05) is 26.7 Å². The van der Waals surface area contributed by atoms with E-state index in [4.69, 9.17) is 4.74 Å². The highest BCUT2D eigenvalue weighted by molar-refractivity contribution is 6.00. The van der Waals surface area contributed by atoms with Gasteiger partial charge in [-0.15, -0.1) is 0 Å². The van der Waals surface area contributed by atoms with E-state index in [1.165, 1.54) is 4.90 Å². The van der Waals surface area contributed by atoms with Crippen molar-refractivity contribution >= 4 is 17.7 Å². The molecule has 4 rings (SSSR count). The highest BCUT2D eigenvalue weighted by atomic mass is 16.5. The zero-order valence-electron chi connectivity index (χ0n) is 19.7. The first-order valence-corrected chi connectivity index (χ1v) is 11.7. The number of fused-ring (bicyclic) bond motifs is 2. The number of likely N-dealkylation sites (N-methyl/N-ethyl adjacent to an activating group) is 1. The van der Waals surface area contributed by atoms with Crippen molar-refractivity contribution < 1.29 is 24.2 Å². The van der Waals surface area contributed by atoms with Gasteiger partial charge in [-0.05, 0) is 27.2 Å². The van der Waals surface area contributed by atoms with E-state index >= 15 is 0 Å². The maximum Gasteiger partial charge on any atom is 0.249 e. The van der Waals surface area contributed by atoms with Gasteiger partial charge in [-0.1, -0.05) is 37.6 Å². The monoisotopic (exact) mass is 445 g/mol. The molecular weight excluding hydrogens is 410 g/mol. The largest absolute Gasteiger partial charge is 0.394 e. The lowest BCUT2D eigenvalue weighted by molar-refractivity contribution is -0.156. The highest BCUT2D eigenvalue weighted by Gasteiger charge is 2.75. The van der Waals surface area contributed by atoms with Crippen LogP contribution >= 0.6 is 0 Å². The van der Waals surface area contributed by atoms with E-state index in [1.807, 2.05) is 38.2 Å². The van der Waals surface area contributed by atoms with Gasteiger partial charge < -0.3 is 24.5 Å². The minimum absolute atomic E-state index is 0.00265. The second kappa shape index (κ2) is 7.99. The van der Waals surface area contributed by atoms with Crippen LogP contribution in [-0.2, 0) is 19.1 Å². The number of aliphatic hydroxyl groups excluding tert-OH is 1. The predicted octanol–water partition coefficient (Wildman–Crippen LogP) is 0.953. The maximum atomic E-state index is 14.0. The summed E-state index contributed by atoms with van der Waals surface area (Å²) in [6.45, 7) is 8.26. The van der Waals surface area contributed by atoms with E-state index in [9.17, 15) is 19.5 Å². The van der Waals surface area contributed by atoms with E-state index in [0.29, 0.717) is 13.1 Å². The number of rotatable bonds is 5. The highest BCUT2D eigenvalue weighted by Crippen LogP contribution is 2.57. The maximum absolute atomic E-state index is 14.0. The van der Waals surface area contributed by atoms with Gasteiger partial charge in [-0.2, -0.15) is 0 Å². The molecule has 4 heterocycles. The molecule has 0 aromatic rings. The number of ether oxygens (including phenoxy) is 1. The second-order valence-electron chi connectivity index (χ2n) is 9.93. The number of likely N-dealkylation sites (tertiary alicyclic amines) is 1. The number of aliphatic hydroxyl groups is 1. The lowest BCUT2D eigenvalue weighted by Crippen LogP contribution is -2.59. The van der Waals surface area contributed by atoms with E-state index in [1.54, 1.807) is 23.8 Å². The van der Waals surface area contributed by atoms with Gasteiger partial charge in [-0.3, -0.25) is 14.4 Å². The standard InChI is InChI=1S/C24H35N3O5/c1-6-9-15(2)26-13-8-11-24-18(21(30)27(16(3)14-28)19(24)22(26)31)17-20(29)25(5)12-7-10-23(17,4)32-24/h7-8,10-11,15-19,28H,6,9,12-14H2,1-5H3/t15?,16-,17-,18+,19?,23+,24+/m1/s1. The number of hydrogen-bond donors (Lipinski definition) is 1. The van der Waals surface area contributed by atoms with Crippen molar-refractivity contribution in [3.05, 3.63) is 24.3 Å². The number of amides is 3. The molecular formula is C24H35N3O5. The summed E-state index contributed by atoms with van der Waals surface area (Å²) in [5.74, 6) is -2.21. The first-order valence-electron chi connectivity index (χ1n) is 11.7. The molecule has 1 spiro atoms. The summed E-state index contributed by atoms with van der Waals surface area (Å²) in [5, 5.41) is 9.94. The van der Waals surface area contributed by atoms with E-state index < -0.39 is 35.1 Å². The Morgan fingerprint density at radius 2 is 1.75 bits per heavy atom. The molecule has 32 heavy (non-hydrogen) atoms. The lowest BCUT2D eigenvalue weighted by Gasteiger charge is -2.40. The van der Waals surface area contributed by atoms with Gasteiger partial charge in [0, 0.05) is 26.2 Å². The minimum Gasteiger partial charge on any atom is -0.394 e. The van der Waals surface area contributed by atoms with Crippen LogP contribution in [0.1, 0.15) is 40.5 Å². The topological polar surface area (TPSA) is 90.4 Å². The van der Waals surface area contributed by atoms with Gasteiger partial charge in [0.05, 0.1) is 30.1 Å². The number of carbonyl (C=O) groups excluding carboxylic acids is 3. The van der Waals surface area contributed by atoms with E-state index in [-0.39, 0.29) is 30.4 Å². The van der Waals surface area contributed by atoms with Gasteiger partial charge in [0.2, 0.25) is 17.7 Å². The van der Waals surface area contributed by atoms with Crippen molar-refractivity contribution in [3.8, 4) is 0 Å². The van der Waals surface area contributed by atoms with Crippen LogP contribution in [0, 0.1) is 11.8 Å². The van der Waals surface area contributed by atoms with Crippen molar-refractivity contribution in [2.24, 2.45) is 11.8 Å². The second-order valence-corrected chi connectivity index (χ2v) is 9.93. The van der Waals surface area contributed by atoms with Crippen LogP contribution < -0.4 is 0 Å². The quantitative estimate of drug-likeness (QED) is 0.637. The molecule has 1 N–H and O–H groups in total. The molecule has 8 heteroatoms. The Morgan fingerprint density at radius 1 is 1.06 bits per heavy atom. The summed E-state index contributed by atoms with van der Waals surface area (Å²) >= 11 is 0. The fourth-order valence-corrected chi connectivity index (χ4v) is 6.13. The molecule has 8 nitrogen and oxygen atoms in total. The summed E-state index contributed by atoms with van der Waals surface area (Å²) in [4.78, 5) is 46.2. The Balaban J connectivity index is 1.88. The zero-order chi connectivity index (χ0) is 23.4. The summed E-state index contributed by atoms with van der Waals surface area (Å²) in [5.41, 5.74) is -2.25. The van der Waals surface area contributed by atoms with Crippen molar-refractivity contribution in [3.63, 3.8) is 0 Å². The average Bonchev–Trinajstić information content (AvgIpc) is 3.03. The van der Waals surface area contributed by atoms with Gasteiger partial charge in [-0.25, -0.2) is 0 Å². The molecule has 4 aliphatic heterocycles. The molecule has 0 aromatic heterocycles. The van der Waals surface area contributed by atoms with Gasteiger partial charge >= 0.3 is 0 Å². The predicted molar refractivity (Wildman–Crippen MR) is 118 cm³/mol. The van der Waals surface area contributed by atoms with Crippen LogP contribution in [-0.4, -0.2) is 93.6 Å². The van der Waals surface area contributed by atoms with Crippen LogP contribution in [0.2, 0.25) is 0 Å². The smallest absolute Gasteiger partial charge is 0.249 e. The summed E-state index contributed by atoms with van der Waals surface area (Å²) in [6.07, 6.45) is 9.30.